The van der Waals surface area contributed by atoms with E-state index in [2.05, 4.69) is 85.8 Å². The van der Waals surface area contributed by atoms with Gasteiger partial charge in [0.25, 0.3) is 0 Å². The molecule has 3 aromatic rings. The Kier molecular flexibility index (Phi) is 5.34. The Hall–Kier alpha value is -2.34. The zero-order valence-corrected chi connectivity index (χ0v) is 13.0. The third-order valence-corrected chi connectivity index (χ3v) is 3.34. The maximum absolute atomic E-state index is 2.24. The Morgan fingerprint density at radius 3 is 1.67 bits per heavy atom. The molecule has 0 amide bonds. The summed E-state index contributed by atoms with van der Waals surface area (Å²) in [6.45, 7) is 6.13. The molecule has 3 aromatic carbocycles. The average molecular weight is 274 g/mol. The molecule has 0 aromatic heterocycles. The predicted octanol–water partition coefficient (Wildman–Crippen LogP) is 6.36. The minimum absolute atomic E-state index is 1.26. The summed E-state index contributed by atoms with van der Waals surface area (Å²) in [5.74, 6) is 0. The van der Waals surface area contributed by atoms with Crippen molar-refractivity contribution in [3.05, 3.63) is 84.4 Å². The second-order valence-electron chi connectivity index (χ2n) is 4.78. The first-order valence-corrected chi connectivity index (χ1v) is 7.56. The first kappa shape index (κ1) is 15.1. The summed E-state index contributed by atoms with van der Waals surface area (Å²) >= 11 is 0. The molecule has 0 aliphatic rings. The quantitative estimate of drug-likeness (QED) is 0.510. The Morgan fingerprint density at radius 2 is 1.05 bits per heavy atom. The molecule has 21 heavy (non-hydrogen) atoms. The summed E-state index contributed by atoms with van der Waals surface area (Å²) in [4.78, 5) is 0. The van der Waals surface area contributed by atoms with Gasteiger partial charge in [0, 0.05) is 0 Å². The van der Waals surface area contributed by atoms with Crippen molar-refractivity contribution in [2.45, 2.75) is 20.8 Å². The second-order valence-corrected chi connectivity index (χ2v) is 4.78. The van der Waals surface area contributed by atoms with Gasteiger partial charge in [0.05, 0.1) is 0 Å². The normalized spacial score (nSPS) is 9.67. The lowest BCUT2D eigenvalue weighted by molar-refractivity contribution is 1.46. The van der Waals surface area contributed by atoms with Crippen LogP contribution in [-0.4, -0.2) is 0 Å². The summed E-state index contributed by atoms with van der Waals surface area (Å²) in [7, 11) is 0. The Bertz CT molecular complexity index is 681. The van der Waals surface area contributed by atoms with E-state index >= 15 is 0 Å². The molecule has 0 radical (unpaired) electrons. The molecule has 106 valence electrons. The molecule has 0 heterocycles. The van der Waals surface area contributed by atoms with Crippen LogP contribution in [0.4, 0.5) is 0 Å². The SMILES string of the molecule is CC.Cc1cccc(-c2ccccc2-c2ccccc2)c1. The van der Waals surface area contributed by atoms with Gasteiger partial charge in [0.15, 0.2) is 0 Å². The molecule has 0 nitrogen and oxygen atoms in total. The van der Waals surface area contributed by atoms with Crippen LogP contribution in [0.3, 0.4) is 0 Å². The largest absolute Gasteiger partial charge is 0.0683 e. The Labute approximate surface area is 128 Å². The zero-order valence-electron chi connectivity index (χ0n) is 13.0. The number of hydrogen-bond acceptors (Lipinski definition) is 0. The minimum atomic E-state index is 1.26. The zero-order chi connectivity index (χ0) is 15.1. The van der Waals surface area contributed by atoms with Crippen molar-refractivity contribution in [2.75, 3.05) is 0 Å². The molecule has 0 aliphatic carbocycles. The van der Waals surface area contributed by atoms with Gasteiger partial charge in [-0.15, -0.1) is 0 Å². The molecule has 0 saturated carbocycles. The summed E-state index contributed by atoms with van der Waals surface area (Å²) in [6, 6.07) is 27.8. The van der Waals surface area contributed by atoms with Crippen molar-refractivity contribution in [3.8, 4) is 22.3 Å². The van der Waals surface area contributed by atoms with Crippen LogP contribution in [0.15, 0.2) is 78.9 Å². The maximum atomic E-state index is 2.24. The van der Waals surface area contributed by atoms with Gasteiger partial charge in [0.2, 0.25) is 0 Å². The molecular formula is C21H22. The standard InChI is InChI=1S/C19H16.C2H6/c1-15-8-7-11-17(14-15)19-13-6-5-12-18(19)16-9-3-2-4-10-16;1-2/h2-14H,1H3;1-2H3. The monoisotopic (exact) mass is 274 g/mol. The van der Waals surface area contributed by atoms with Crippen LogP contribution in [0.1, 0.15) is 19.4 Å². The molecule has 0 saturated heterocycles. The molecule has 0 bridgehead atoms. The van der Waals surface area contributed by atoms with Gasteiger partial charge in [0.1, 0.15) is 0 Å². The lowest BCUT2D eigenvalue weighted by atomic mass is 9.94. The molecule has 0 spiro atoms. The lowest BCUT2D eigenvalue weighted by Gasteiger charge is -2.10. The second kappa shape index (κ2) is 7.44. The first-order valence-electron chi connectivity index (χ1n) is 7.56. The third kappa shape index (κ3) is 3.61. The van der Waals surface area contributed by atoms with Crippen LogP contribution >= 0.6 is 0 Å². The molecule has 0 heteroatoms. The summed E-state index contributed by atoms with van der Waals surface area (Å²) < 4.78 is 0. The summed E-state index contributed by atoms with van der Waals surface area (Å²) in [6.07, 6.45) is 0. The number of rotatable bonds is 2. The van der Waals surface area contributed by atoms with Crippen LogP contribution < -0.4 is 0 Å². The molecule has 0 unspecified atom stereocenters. The fourth-order valence-electron chi connectivity index (χ4n) is 2.42. The van der Waals surface area contributed by atoms with Gasteiger partial charge in [-0.05, 0) is 29.2 Å². The van der Waals surface area contributed by atoms with Gasteiger partial charge in [-0.1, -0.05) is 98.3 Å². The maximum Gasteiger partial charge on any atom is -0.0105 e. The van der Waals surface area contributed by atoms with E-state index in [0.717, 1.165) is 0 Å². The van der Waals surface area contributed by atoms with Gasteiger partial charge >= 0.3 is 0 Å². The molecule has 0 N–H and O–H groups in total. The van der Waals surface area contributed by atoms with E-state index in [-0.39, 0.29) is 0 Å². The van der Waals surface area contributed by atoms with E-state index in [4.69, 9.17) is 0 Å². The van der Waals surface area contributed by atoms with E-state index in [1.807, 2.05) is 13.8 Å². The van der Waals surface area contributed by atoms with Crippen LogP contribution in [0, 0.1) is 6.92 Å². The van der Waals surface area contributed by atoms with E-state index in [1.165, 1.54) is 27.8 Å². The Morgan fingerprint density at radius 1 is 0.524 bits per heavy atom. The smallest absolute Gasteiger partial charge is 0.0105 e. The molecule has 0 fully saturated rings. The van der Waals surface area contributed by atoms with Crippen molar-refractivity contribution in [2.24, 2.45) is 0 Å². The van der Waals surface area contributed by atoms with Gasteiger partial charge in [-0.3, -0.25) is 0 Å². The van der Waals surface area contributed by atoms with E-state index in [0.29, 0.717) is 0 Å². The average Bonchev–Trinajstić information content (AvgIpc) is 2.57. The lowest BCUT2D eigenvalue weighted by Crippen LogP contribution is -1.85. The van der Waals surface area contributed by atoms with Gasteiger partial charge in [-0.2, -0.15) is 0 Å². The fourth-order valence-corrected chi connectivity index (χ4v) is 2.42. The summed E-state index contributed by atoms with van der Waals surface area (Å²) in [5.41, 5.74) is 6.41. The highest BCUT2D eigenvalue weighted by atomic mass is 14.1. The predicted molar refractivity (Wildman–Crippen MR) is 93.4 cm³/mol. The molecule has 0 aliphatic heterocycles. The Balaban J connectivity index is 0.000000774. The fraction of sp³-hybridized carbons (Fsp3) is 0.143. The first-order chi connectivity index (χ1) is 10.3. The van der Waals surface area contributed by atoms with Crippen LogP contribution in [0.2, 0.25) is 0 Å². The van der Waals surface area contributed by atoms with Gasteiger partial charge in [-0.25, -0.2) is 0 Å². The number of hydrogen-bond donors (Lipinski definition) is 0. The number of benzene rings is 3. The highest BCUT2D eigenvalue weighted by Gasteiger charge is 2.06. The topological polar surface area (TPSA) is 0 Å². The van der Waals surface area contributed by atoms with Crippen molar-refractivity contribution in [1.82, 2.24) is 0 Å². The van der Waals surface area contributed by atoms with Crippen molar-refractivity contribution in [3.63, 3.8) is 0 Å². The highest BCUT2D eigenvalue weighted by Crippen LogP contribution is 2.31. The van der Waals surface area contributed by atoms with E-state index < -0.39 is 0 Å². The third-order valence-electron chi connectivity index (χ3n) is 3.34. The molecule has 0 atom stereocenters. The van der Waals surface area contributed by atoms with Crippen molar-refractivity contribution < 1.29 is 0 Å². The van der Waals surface area contributed by atoms with E-state index in [9.17, 15) is 0 Å². The van der Waals surface area contributed by atoms with Crippen molar-refractivity contribution in [1.29, 1.82) is 0 Å². The highest BCUT2D eigenvalue weighted by molar-refractivity contribution is 5.83. The van der Waals surface area contributed by atoms with Crippen LogP contribution in [0.25, 0.3) is 22.3 Å². The number of aryl methyl sites for hydroxylation is 1. The van der Waals surface area contributed by atoms with Crippen molar-refractivity contribution >= 4 is 0 Å². The van der Waals surface area contributed by atoms with Gasteiger partial charge < -0.3 is 0 Å². The van der Waals surface area contributed by atoms with E-state index in [1.54, 1.807) is 0 Å². The van der Waals surface area contributed by atoms with Crippen LogP contribution in [0.5, 0.6) is 0 Å². The summed E-state index contributed by atoms with van der Waals surface area (Å²) in [5, 5.41) is 0. The van der Waals surface area contributed by atoms with Crippen LogP contribution in [-0.2, 0) is 0 Å². The minimum Gasteiger partial charge on any atom is -0.0683 e. The molecule has 3 rings (SSSR count). The molecular weight excluding hydrogens is 252 g/mol.